The van der Waals surface area contributed by atoms with Gasteiger partial charge in [0.05, 0.1) is 5.69 Å². The third-order valence-corrected chi connectivity index (χ3v) is 5.12. The van der Waals surface area contributed by atoms with Gasteiger partial charge in [0.25, 0.3) is 0 Å². The smallest absolute Gasteiger partial charge is 0.322 e. The fourth-order valence-corrected chi connectivity index (χ4v) is 3.61. The number of rotatable bonds is 4. The highest BCUT2D eigenvalue weighted by molar-refractivity contribution is 6.45. The van der Waals surface area contributed by atoms with Gasteiger partial charge in [-0.3, -0.25) is 19.3 Å². The Kier molecular flexibility index (Phi) is 5.22. The summed E-state index contributed by atoms with van der Waals surface area (Å²) in [6, 6.07) is 2.10. The maximum atomic E-state index is 12.6. The van der Waals surface area contributed by atoms with E-state index in [4.69, 9.17) is 11.6 Å². The Balaban J connectivity index is 1.71. The predicted molar refractivity (Wildman–Crippen MR) is 93.3 cm³/mol. The molecule has 0 unspecified atom stereocenters. The van der Waals surface area contributed by atoms with Gasteiger partial charge >= 0.3 is 17.8 Å². The largest absolute Gasteiger partial charge is 0.334 e. The van der Waals surface area contributed by atoms with Gasteiger partial charge in [-0.15, -0.1) is 0 Å². The molecule has 3 rings (SSSR count). The van der Waals surface area contributed by atoms with Gasteiger partial charge in [0.15, 0.2) is 5.15 Å². The van der Waals surface area contributed by atoms with Crippen molar-refractivity contribution in [1.82, 2.24) is 14.8 Å². The zero-order valence-electron chi connectivity index (χ0n) is 14.3. The molecule has 26 heavy (non-hydrogen) atoms. The van der Waals surface area contributed by atoms with Crippen molar-refractivity contribution in [3.63, 3.8) is 0 Å². The molecule has 1 saturated heterocycles. The Morgan fingerprint density at radius 3 is 2.69 bits per heavy atom. The SMILES string of the molecule is C[C@@H]1CCCC[C@H]1N1C(=O)C(=O)N(CC(=O)Nc2cccnc2Cl)C1=O. The van der Waals surface area contributed by atoms with Gasteiger partial charge in [0.2, 0.25) is 5.91 Å². The molecule has 1 aliphatic heterocycles. The highest BCUT2D eigenvalue weighted by Gasteiger charge is 2.49. The van der Waals surface area contributed by atoms with Crippen LogP contribution in [0, 0.1) is 5.92 Å². The topological polar surface area (TPSA) is 99.7 Å². The molecular formula is C17H19ClN4O4. The molecule has 0 aromatic carbocycles. The molecule has 1 aromatic heterocycles. The minimum Gasteiger partial charge on any atom is -0.322 e. The summed E-state index contributed by atoms with van der Waals surface area (Å²) in [6.07, 6.45) is 4.99. The quantitative estimate of drug-likeness (QED) is 0.491. The first-order chi connectivity index (χ1) is 12.4. The number of anilines is 1. The van der Waals surface area contributed by atoms with Gasteiger partial charge in [0.1, 0.15) is 6.54 Å². The molecule has 9 heteroatoms. The van der Waals surface area contributed by atoms with Crippen LogP contribution in [0.4, 0.5) is 10.5 Å². The molecule has 0 radical (unpaired) electrons. The number of aromatic nitrogens is 1. The Morgan fingerprint density at radius 1 is 1.27 bits per heavy atom. The first kappa shape index (κ1) is 18.3. The van der Waals surface area contributed by atoms with Crippen molar-refractivity contribution < 1.29 is 19.2 Å². The molecule has 1 N–H and O–H groups in total. The van der Waals surface area contributed by atoms with Crippen molar-refractivity contribution in [1.29, 1.82) is 0 Å². The normalized spacial score (nSPS) is 23.5. The van der Waals surface area contributed by atoms with Crippen LogP contribution in [0.3, 0.4) is 0 Å². The molecule has 8 nitrogen and oxygen atoms in total. The Labute approximate surface area is 155 Å². The highest BCUT2D eigenvalue weighted by Crippen LogP contribution is 2.31. The molecule has 2 aliphatic rings. The fraction of sp³-hybridized carbons (Fsp3) is 0.471. The second-order valence-electron chi connectivity index (χ2n) is 6.57. The summed E-state index contributed by atoms with van der Waals surface area (Å²) < 4.78 is 0. The van der Waals surface area contributed by atoms with E-state index in [1.54, 1.807) is 12.1 Å². The van der Waals surface area contributed by atoms with Crippen molar-refractivity contribution >= 4 is 41.0 Å². The Hall–Kier alpha value is -2.48. The molecule has 1 aliphatic carbocycles. The highest BCUT2D eigenvalue weighted by atomic mass is 35.5. The summed E-state index contributed by atoms with van der Waals surface area (Å²) in [6.45, 7) is 1.42. The third kappa shape index (κ3) is 3.41. The lowest BCUT2D eigenvalue weighted by atomic mass is 9.85. The van der Waals surface area contributed by atoms with Crippen LogP contribution in [-0.2, 0) is 14.4 Å². The van der Waals surface area contributed by atoms with Crippen LogP contribution in [0.15, 0.2) is 18.3 Å². The summed E-state index contributed by atoms with van der Waals surface area (Å²) in [5.74, 6) is -2.33. The molecule has 1 aromatic rings. The van der Waals surface area contributed by atoms with Crippen molar-refractivity contribution in [2.45, 2.75) is 38.6 Å². The van der Waals surface area contributed by atoms with Crippen LogP contribution in [-0.4, -0.2) is 51.1 Å². The van der Waals surface area contributed by atoms with E-state index in [2.05, 4.69) is 10.3 Å². The molecular weight excluding hydrogens is 360 g/mol. The van der Waals surface area contributed by atoms with Gasteiger partial charge < -0.3 is 5.32 Å². The Morgan fingerprint density at radius 2 is 2.00 bits per heavy atom. The summed E-state index contributed by atoms with van der Waals surface area (Å²) in [7, 11) is 0. The molecule has 0 bridgehead atoms. The van der Waals surface area contributed by atoms with E-state index in [0.29, 0.717) is 11.3 Å². The number of halogens is 1. The summed E-state index contributed by atoms with van der Waals surface area (Å²) in [5, 5.41) is 2.58. The number of nitrogens with one attached hydrogen (secondary N) is 1. The Bertz CT molecular complexity index is 769. The minimum absolute atomic E-state index is 0.0914. The maximum Gasteiger partial charge on any atom is 0.334 e. The number of hydrogen-bond acceptors (Lipinski definition) is 5. The van der Waals surface area contributed by atoms with E-state index < -0.39 is 30.3 Å². The van der Waals surface area contributed by atoms with Gasteiger partial charge in [-0.05, 0) is 30.9 Å². The molecule has 1 saturated carbocycles. The minimum atomic E-state index is -0.972. The van der Waals surface area contributed by atoms with E-state index >= 15 is 0 Å². The first-order valence-electron chi connectivity index (χ1n) is 8.49. The predicted octanol–water partition coefficient (Wildman–Crippen LogP) is 2.04. The van der Waals surface area contributed by atoms with Gasteiger partial charge in [0, 0.05) is 12.2 Å². The van der Waals surface area contributed by atoms with Crippen LogP contribution in [0.2, 0.25) is 5.15 Å². The standard InChI is InChI=1S/C17H19ClN4O4/c1-10-5-2-3-7-12(10)22-16(25)15(24)21(17(22)26)9-13(23)20-11-6-4-8-19-14(11)18/h4,6,8,10,12H,2-3,5,7,9H2,1H3,(H,20,23)/t10-,12-/m1/s1. The molecule has 2 heterocycles. The number of hydrogen-bond donors (Lipinski definition) is 1. The monoisotopic (exact) mass is 378 g/mol. The van der Waals surface area contributed by atoms with Gasteiger partial charge in [-0.2, -0.15) is 0 Å². The summed E-state index contributed by atoms with van der Waals surface area (Å²) in [4.78, 5) is 54.9. The second kappa shape index (κ2) is 7.41. The summed E-state index contributed by atoms with van der Waals surface area (Å²) >= 11 is 5.87. The van der Waals surface area contributed by atoms with Crippen molar-refractivity contribution in [2.24, 2.45) is 5.92 Å². The van der Waals surface area contributed by atoms with Crippen molar-refractivity contribution in [3.8, 4) is 0 Å². The van der Waals surface area contributed by atoms with E-state index in [-0.39, 0.29) is 22.8 Å². The zero-order valence-corrected chi connectivity index (χ0v) is 15.0. The second-order valence-corrected chi connectivity index (χ2v) is 6.93. The van der Waals surface area contributed by atoms with Crippen LogP contribution in [0.1, 0.15) is 32.6 Å². The molecule has 138 valence electrons. The lowest BCUT2D eigenvalue weighted by Gasteiger charge is -2.34. The van der Waals surface area contributed by atoms with Crippen molar-refractivity contribution in [3.05, 3.63) is 23.5 Å². The molecule has 2 atom stereocenters. The van der Waals surface area contributed by atoms with E-state index in [1.807, 2.05) is 6.92 Å². The number of amides is 5. The first-order valence-corrected chi connectivity index (χ1v) is 8.87. The number of carbonyl (C=O) groups excluding carboxylic acids is 4. The average Bonchev–Trinajstić information content (AvgIpc) is 2.81. The maximum absolute atomic E-state index is 12.6. The zero-order chi connectivity index (χ0) is 18.8. The van der Waals surface area contributed by atoms with E-state index in [9.17, 15) is 19.2 Å². The van der Waals surface area contributed by atoms with Crippen LogP contribution >= 0.6 is 11.6 Å². The molecule has 2 fully saturated rings. The fourth-order valence-electron chi connectivity index (χ4n) is 3.45. The van der Waals surface area contributed by atoms with E-state index in [1.165, 1.54) is 6.20 Å². The van der Waals surface area contributed by atoms with Gasteiger partial charge in [-0.1, -0.05) is 31.4 Å². The van der Waals surface area contributed by atoms with Crippen LogP contribution in [0.5, 0.6) is 0 Å². The average molecular weight is 379 g/mol. The number of pyridine rings is 1. The van der Waals surface area contributed by atoms with Crippen LogP contribution in [0.25, 0.3) is 0 Å². The number of imide groups is 2. The van der Waals surface area contributed by atoms with Crippen LogP contribution < -0.4 is 5.32 Å². The lowest BCUT2D eigenvalue weighted by Crippen LogP contribution is -2.46. The third-order valence-electron chi connectivity index (χ3n) is 4.82. The van der Waals surface area contributed by atoms with Crippen molar-refractivity contribution in [2.75, 3.05) is 11.9 Å². The number of carbonyl (C=O) groups is 4. The molecule has 0 spiro atoms. The van der Waals surface area contributed by atoms with E-state index in [0.717, 1.165) is 24.2 Å². The number of urea groups is 1. The molecule has 5 amide bonds. The van der Waals surface area contributed by atoms with Gasteiger partial charge in [-0.25, -0.2) is 14.7 Å². The summed E-state index contributed by atoms with van der Waals surface area (Å²) in [5.41, 5.74) is 0.266. The number of nitrogens with zero attached hydrogens (tertiary/aromatic N) is 3. The lowest BCUT2D eigenvalue weighted by molar-refractivity contribution is -0.145.